The minimum atomic E-state index is -1.24. The summed E-state index contributed by atoms with van der Waals surface area (Å²) in [5.74, 6) is -2.80. The van der Waals surface area contributed by atoms with Gasteiger partial charge in [-0.15, -0.1) is 11.8 Å². The van der Waals surface area contributed by atoms with Gasteiger partial charge in [-0.05, 0) is 37.7 Å². The lowest BCUT2D eigenvalue weighted by Gasteiger charge is -2.18. The molecule has 29 heavy (non-hydrogen) atoms. The van der Waals surface area contributed by atoms with Gasteiger partial charge in [0.1, 0.15) is 23.7 Å². The molecule has 0 aromatic heterocycles. The lowest BCUT2D eigenvalue weighted by molar-refractivity contribution is -0.139. The van der Waals surface area contributed by atoms with E-state index in [0.717, 1.165) is 30.4 Å². The molecular formula is C16H28N4O7S2. The van der Waals surface area contributed by atoms with Crippen LogP contribution in [0.1, 0.15) is 32.1 Å². The van der Waals surface area contributed by atoms with E-state index in [1.165, 1.54) is 0 Å². The van der Waals surface area contributed by atoms with E-state index in [-0.39, 0.29) is 18.6 Å². The topological polar surface area (TPSA) is 191 Å². The second kappa shape index (κ2) is 15.9. The van der Waals surface area contributed by atoms with E-state index >= 15 is 0 Å². The van der Waals surface area contributed by atoms with Crippen molar-refractivity contribution in [3.63, 3.8) is 0 Å². The first-order chi connectivity index (χ1) is 13.7. The number of carbonyl (C=O) groups excluding carboxylic acids is 2. The van der Waals surface area contributed by atoms with E-state index in [9.17, 15) is 19.2 Å². The summed E-state index contributed by atoms with van der Waals surface area (Å²) in [7, 11) is 0. The van der Waals surface area contributed by atoms with E-state index in [1.807, 2.05) is 6.26 Å². The molecule has 2 amide bonds. The number of unbranched alkanes of at least 4 members (excludes halogenated alkanes) is 1. The molecule has 0 fully saturated rings. The largest absolute Gasteiger partial charge is 0.480 e. The summed E-state index contributed by atoms with van der Waals surface area (Å²) < 4.78 is 0. The Labute approximate surface area is 177 Å². The van der Waals surface area contributed by atoms with Gasteiger partial charge in [-0.1, -0.05) is 5.16 Å². The van der Waals surface area contributed by atoms with Crippen molar-refractivity contribution in [3.8, 4) is 0 Å². The fourth-order valence-corrected chi connectivity index (χ4v) is 3.43. The molecule has 7 N–H and O–H groups in total. The number of aliphatic carboxylic acids is 2. The van der Waals surface area contributed by atoms with Crippen molar-refractivity contribution in [2.24, 2.45) is 10.9 Å². The maximum Gasteiger partial charge on any atom is 0.322 e. The quantitative estimate of drug-likeness (QED) is 0.0643. The molecule has 11 nitrogen and oxygen atoms in total. The van der Waals surface area contributed by atoms with Gasteiger partial charge in [0.15, 0.2) is 0 Å². The average Bonchev–Trinajstić information content (AvgIpc) is 2.68. The SMILES string of the molecule is CSCCCC/C(=N\O)SC[C@H](NC(=O)CC[C@H](N)C(=O)O)C(=O)NCC(=O)O. The molecule has 0 bridgehead atoms. The van der Waals surface area contributed by atoms with Crippen LogP contribution in [0.25, 0.3) is 0 Å². The first kappa shape index (κ1) is 27.0. The van der Waals surface area contributed by atoms with Gasteiger partial charge in [-0.3, -0.25) is 19.2 Å². The third-order valence-corrected chi connectivity index (χ3v) is 5.40. The second-order valence-electron chi connectivity index (χ2n) is 5.97. The number of thioether (sulfide) groups is 2. The Morgan fingerprint density at radius 1 is 1.14 bits per heavy atom. The molecule has 0 saturated carbocycles. The number of rotatable bonds is 15. The van der Waals surface area contributed by atoms with Crippen LogP contribution in [-0.4, -0.2) is 80.6 Å². The van der Waals surface area contributed by atoms with E-state index in [1.54, 1.807) is 11.8 Å². The maximum absolute atomic E-state index is 12.2. The van der Waals surface area contributed by atoms with Gasteiger partial charge in [-0.25, -0.2) is 0 Å². The van der Waals surface area contributed by atoms with Crippen molar-refractivity contribution in [1.82, 2.24) is 10.6 Å². The molecule has 0 unspecified atom stereocenters. The van der Waals surface area contributed by atoms with Gasteiger partial charge in [0.25, 0.3) is 0 Å². The maximum atomic E-state index is 12.2. The summed E-state index contributed by atoms with van der Waals surface area (Å²) in [6.07, 6.45) is 3.90. The Kier molecular flexibility index (Phi) is 14.8. The van der Waals surface area contributed by atoms with Gasteiger partial charge in [-0.2, -0.15) is 11.8 Å². The Balaban J connectivity index is 4.78. The number of nitrogens with one attached hydrogen (secondary N) is 2. The Hall–Kier alpha value is -1.99. The molecule has 0 radical (unpaired) electrons. The van der Waals surface area contributed by atoms with Crippen LogP contribution in [0.4, 0.5) is 0 Å². The van der Waals surface area contributed by atoms with Crippen molar-refractivity contribution in [2.75, 3.05) is 24.3 Å². The van der Waals surface area contributed by atoms with Crippen molar-refractivity contribution in [1.29, 1.82) is 0 Å². The van der Waals surface area contributed by atoms with Crippen molar-refractivity contribution < 1.29 is 34.6 Å². The Bertz CT molecular complexity index is 590. The van der Waals surface area contributed by atoms with E-state index in [2.05, 4.69) is 15.8 Å². The summed E-state index contributed by atoms with van der Waals surface area (Å²) in [6, 6.07) is -2.29. The number of hydrogen-bond acceptors (Lipinski definition) is 9. The number of oxime groups is 1. The second-order valence-corrected chi connectivity index (χ2v) is 8.05. The molecule has 0 aliphatic rings. The number of carboxylic acid groups (broad SMARTS) is 2. The molecule has 0 aliphatic heterocycles. The lowest BCUT2D eigenvalue weighted by Crippen LogP contribution is -2.49. The van der Waals surface area contributed by atoms with Gasteiger partial charge in [0.2, 0.25) is 11.8 Å². The smallest absolute Gasteiger partial charge is 0.322 e. The molecule has 0 aromatic rings. The fourth-order valence-electron chi connectivity index (χ4n) is 2.00. The summed E-state index contributed by atoms with van der Waals surface area (Å²) in [6.45, 7) is -0.616. The first-order valence-corrected chi connectivity index (χ1v) is 11.2. The van der Waals surface area contributed by atoms with Gasteiger partial charge < -0.3 is 31.8 Å². The Morgan fingerprint density at radius 3 is 2.38 bits per heavy atom. The number of nitrogens with two attached hydrogens (primary N) is 1. The molecule has 0 aromatic carbocycles. The molecule has 0 saturated heterocycles. The van der Waals surface area contributed by atoms with E-state index in [0.29, 0.717) is 11.5 Å². The van der Waals surface area contributed by atoms with Crippen LogP contribution in [-0.2, 0) is 19.2 Å². The third-order valence-electron chi connectivity index (χ3n) is 3.58. The molecule has 166 valence electrons. The highest BCUT2D eigenvalue weighted by Crippen LogP contribution is 2.14. The predicted octanol–water partition coefficient (Wildman–Crippen LogP) is -0.0817. The van der Waals surface area contributed by atoms with Gasteiger partial charge >= 0.3 is 11.9 Å². The number of carbonyl (C=O) groups is 4. The molecule has 0 aliphatic carbocycles. The van der Waals surface area contributed by atoms with Crippen LogP contribution in [0, 0.1) is 0 Å². The Morgan fingerprint density at radius 2 is 1.83 bits per heavy atom. The number of carboxylic acids is 2. The van der Waals surface area contributed by atoms with E-state index < -0.39 is 42.4 Å². The van der Waals surface area contributed by atoms with Crippen molar-refractivity contribution in [3.05, 3.63) is 0 Å². The summed E-state index contributed by atoms with van der Waals surface area (Å²) in [5, 5.41) is 34.8. The zero-order chi connectivity index (χ0) is 22.2. The third kappa shape index (κ3) is 13.8. The van der Waals surface area contributed by atoms with Crippen LogP contribution in [0.2, 0.25) is 0 Å². The summed E-state index contributed by atoms with van der Waals surface area (Å²) in [5.41, 5.74) is 5.35. The summed E-state index contributed by atoms with van der Waals surface area (Å²) >= 11 is 2.78. The highest BCUT2D eigenvalue weighted by Gasteiger charge is 2.23. The normalized spacial score (nSPS) is 13.4. The highest BCUT2D eigenvalue weighted by molar-refractivity contribution is 8.14. The standard InChI is InChI=1S/C16H28N4O7S2/c1-28-7-3-2-4-13(20-27)29-9-11(15(24)18-8-14(22)23)19-12(21)6-5-10(17)16(25)26/h10-11,27H,2-9,17H2,1H3,(H,18,24)(H,19,21)(H,22,23)(H,25,26)/b20-13+/t10-,11-/m0/s1. The highest BCUT2D eigenvalue weighted by atomic mass is 32.2. The van der Waals surface area contributed by atoms with Crippen LogP contribution in [0.5, 0.6) is 0 Å². The molecular weight excluding hydrogens is 424 g/mol. The monoisotopic (exact) mass is 452 g/mol. The van der Waals surface area contributed by atoms with Crippen LogP contribution >= 0.6 is 23.5 Å². The molecule has 0 rings (SSSR count). The molecule has 0 spiro atoms. The summed E-state index contributed by atoms with van der Waals surface area (Å²) in [4.78, 5) is 45.6. The van der Waals surface area contributed by atoms with Gasteiger partial charge in [0.05, 0.1) is 0 Å². The van der Waals surface area contributed by atoms with Crippen LogP contribution < -0.4 is 16.4 Å². The zero-order valence-corrected chi connectivity index (χ0v) is 17.8. The van der Waals surface area contributed by atoms with Gasteiger partial charge in [0, 0.05) is 12.2 Å². The zero-order valence-electron chi connectivity index (χ0n) is 16.1. The fraction of sp³-hybridized carbons (Fsp3) is 0.688. The van der Waals surface area contributed by atoms with E-state index in [4.69, 9.17) is 21.2 Å². The van der Waals surface area contributed by atoms with Crippen LogP contribution in [0.15, 0.2) is 5.16 Å². The minimum Gasteiger partial charge on any atom is -0.480 e. The predicted molar refractivity (Wildman–Crippen MR) is 111 cm³/mol. The minimum absolute atomic E-state index is 0.0180. The lowest BCUT2D eigenvalue weighted by atomic mass is 10.1. The molecule has 0 heterocycles. The number of amides is 2. The first-order valence-electron chi connectivity index (χ1n) is 8.81. The van der Waals surface area contributed by atoms with Crippen LogP contribution in [0.3, 0.4) is 0 Å². The number of hydrogen-bond donors (Lipinski definition) is 6. The molecule has 13 heteroatoms. The van der Waals surface area contributed by atoms with Crippen molar-refractivity contribution >= 4 is 52.3 Å². The number of nitrogens with zero attached hydrogens (tertiary/aromatic N) is 1. The average molecular weight is 453 g/mol. The molecule has 2 atom stereocenters. The van der Waals surface area contributed by atoms with Crippen molar-refractivity contribution in [2.45, 2.75) is 44.2 Å².